The monoisotopic (exact) mass is 371 g/mol. The minimum absolute atomic E-state index is 0.0497. The molecule has 0 saturated carbocycles. The van der Waals surface area contributed by atoms with Crippen molar-refractivity contribution in [2.24, 2.45) is 0 Å². The van der Waals surface area contributed by atoms with Crippen molar-refractivity contribution in [2.75, 3.05) is 26.0 Å². The van der Waals surface area contributed by atoms with Crippen molar-refractivity contribution in [1.29, 1.82) is 0 Å². The van der Waals surface area contributed by atoms with Gasteiger partial charge in [-0.15, -0.1) is 0 Å². The van der Waals surface area contributed by atoms with E-state index in [1.807, 2.05) is 42.5 Å². The average molecular weight is 372 g/mol. The molecule has 0 unspecified atom stereocenters. The predicted octanol–water partition coefficient (Wildman–Crippen LogP) is 4.03. The molecule has 1 N–H and O–H groups in total. The Labute approximate surface area is 159 Å². The summed E-state index contributed by atoms with van der Waals surface area (Å²) in [6, 6.07) is 13.8. The molecule has 138 valence electrons. The summed E-state index contributed by atoms with van der Waals surface area (Å²) in [6.45, 7) is 5.92. The van der Waals surface area contributed by atoms with E-state index < -0.39 is 0 Å². The van der Waals surface area contributed by atoms with E-state index in [0.717, 1.165) is 22.8 Å². The van der Waals surface area contributed by atoms with Crippen LogP contribution in [-0.2, 0) is 11.2 Å². The Hall–Kier alpha value is -2.14. The SMILES string of the molecule is CSCc1ccc(C(=O)NCC(C)(C)c2ccc3c(c2)OCCO3)cc1. The number of thioether (sulfide) groups is 1. The number of rotatable bonds is 6. The lowest BCUT2D eigenvalue weighted by atomic mass is 9.84. The van der Waals surface area contributed by atoms with E-state index in [4.69, 9.17) is 9.47 Å². The zero-order valence-electron chi connectivity index (χ0n) is 15.5. The third-order valence-corrected chi connectivity index (χ3v) is 5.16. The lowest BCUT2D eigenvalue weighted by molar-refractivity contribution is 0.0945. The van der Waals surface area contributed by atoms with Gasteiger partial charge in [0.1, 0.15) is 13.2 Å². The van der Waals surface area contributed by atoms with Crippen LogP contribution in [0.4, 0.5) is 0 Å². The summed E-state index contributed by atoms with van der Waals surface area (Å²) in [5, 5.41) is 3.05. The first-order valence-corrected chi connectivity index (χ1v) is 10.2. The predicted molar refractivity (Wildman–Crippen MR) is 106 cm³/mol. The molecule has 0 aliphatic carbocycles. The van der Waals surface area contributed by atoms with Crippen LogP contribution in [0.1, 0.15) is 35.3 Å². The van der Waals surface area contributed by atoms with E-state index in [1.165, 1.54) is 5.56 Å². The van der Waals surface area contributed by atoms with Crippen molar-refractivity contribution < 1.29 is 14.3 Å². The highest BCUT2D eigenvalue weighted by atomic mass is 32.2. The maximum Gasteiger partial charge on any atom is 0.251 e. The number of benzene rings is 2. The van der Waals surface area contributed by atoms with Gasteiger partial charge in [0.15, 0.2) is 11.5 Å². The molecule has 2 aromatic rings. The normalized spacial score (nSPS) is 13.3. The van der Waals surface area contributed by atoms with Gasteiger partial charge in [-0.05, 0) is 41.6 Å². The average Bonchev–Trinajstić information content (AvgIpc) is 2.66. The lowest BCUT2D eigenvalue weighted by Gasteiger charge is -2.28. The quantitative estimate of drug-likeness (QED) is 0.833. The van der Waals surface area contributed by atoms with Gasteiger partial charge < -0.3 is 14.8 Å². The molecular formula is C21H25NO3S. The zero-order valence-corrected chi connectivity index (χ0v) is 16.3. The highest BCUT2D eigenvalue weighted by molar-refractivity contribution is 7.97. The Morgan fingerprint density at radius 2 is 1.77 bits per heavy atom. The zero-order chi connectivity index (χ0) is 18.6. The molecule has 0 saturated heterocycles. The number of amides is 1. The number of hydrogen-bond donors (Lipinski definition) is 1. The molecule has 26 heavy (non-hydrogen) atoms. The van der Waals surface area contributed by atoms with Gasteiger partial charge in [-0.25, -0.2) is 0 Å². The summed E-state index contributed by atoms with van der Waals surface area (Å²) in [7, 11) is 0. The summed E-state index contributed by atoms with van der Waals surface area (Å²) >= 11 is 1.77. The maximum atomic E-state index is 12.5. The highest BCUT2D eigenvalue weighted by Crippen LogP contribution is 2.34. The van der Waals surface area contributed by atoms with Gasteiger partial charge in [0, 0.05) is 23.3 Å². The van der Waals surface area contributed by atoms with E-state index in [2.05, 4.69) is 25.4 Å². The van der Waals surface area contributed by atoms with Gasteiger partial charge in [-0.2, -0.15) is 11.8 Å². The first-order valence-electron chi connectivity index (χ1n) is 8.76. The molecular weight excluding hydrogens is 346 g/mol. The molecule has 1 amide bonds. The Bertz CT molecular complexity index is 771. The van der Waals surface area contributed by atoms with Crippen molar-refractivity contribution in [3.8, 4) is 11.5 Å². The summed E-state index contributed by atoms with van der Waals surface area (Å²) < 4.78 is 11.2. The van der Waals surface area contributed by atoms with Gasteiger partial charge in [0.2, 0.25) is 0 Å². The highest BCUT2D eigenvalue weighted by Gasteiger charge is 2.24. The van der Waals surface area contributed by atoms with Gasteiger partial charge in [-0.3, -0.25) is 4.79 Å². The summed E-state index contributed by atoms with van der Waals surface area (Å²) in [6.07, 6.45) is 2.07. The first kappa shape index (κ1) is 18.6. The molecule has 1 aliphatic heterocycles. The fraction of sp³-hybridized carbons (Fsp3) is 0.381. The largest absolute Gasteiger partial charge is 0.486 e. The van der Waals surface area contributed by atoms with Crippen molar-refractivity contribution in [1.82, 2.24) is 5.32 Å². The van der Waals surface area contributed by atoms with Crippen LogP contribution in [0.2, 0.25) is 0 Å². The number of nitrogens with one attached hydrogen (secondary N) is 1. The van der Waals surface area contributed by atoms with E-state index >= 15 is 0 Å². The molecule has 4 nitrogen and oxygen atoms in total. The van der Waals surface area contributed by atoms with Crippen LogP contribution in [0.5, 0.6) is 11.5 Å². The second kappa shape index (κ2) is 8.04. The van der Waals surface area contributed by atoms with Crippen LogP contribution < -0.4 is 14.8 Å². The fourth-order valence-corrected chi connectivity index (χ4v) is 3.41. The molecule has 0 atom stereocenters. The van der Waals surface area contributed by atoms with E-state index in [-0.39, 0.29) is 11.3 Å². The summed E-state index contributed by atoms with van der Waals surface area (Å²) in [5.41, 5.74) is 2.81. The Balaban J connectivity index is 1.64. The minimum Gasteiger partial charge on any atom is -0.486 e. The van der Waals surface area contributed by atoms with Crippen LogP contribution in [-0.4, -0.2) is 31.9 Å². The molecule has 1 heterocycles. The number of fused-ring (bicyclic) bond motifs is 1. The van der Waals surface area contributed by atoms with E-state index in [1.54, 1.807) is 11.8 Å². The number of hydrogen-bond acceptors (Lipinski definition) is 4. The number of carbonyl (C=O) groups excluding carboxylic acids is 1. The fourth-order valence-electron chi connectivity index (χ4n) is 2.89. The molecule has 5 heteroatoms. The van der Waals surface area contributed by atoms with Crippen LogP contribution in [0.3, 0.4) is 0 Å². The molecule has 2 aromatic carbocycles. The van der Waals surface area contributed by atoms with Crippen LogP contribution >= 0.6 is 11.8 Å². The Morgan fingerprint density at radius 3 is 2.46 bits per heavy atom. The van der Waals surface area contributed by atoms with Crippen molar-refractivity contribution >= 4 is 17.7 Å². The van der Waals surface area contributed by atoms with Gasteiger partial charge in [0.25, 0.3) is 5.91 Å². The van der Waals surface area contributed by atoms with Gasteiger partial charge in [-0.1, -0.05) is 32.0 Å². The third-order valence-electron chi connectivity index (χ3n) is 4.54. The second-order valence-electron chi connectivity index (χ2n) is 7.05. The molecule has 0 spiro atoms. The van der Waals surface area contributed by atoms with Gasteiger partial charge in [0.05, 0.1) is 0 Å². The molecule has 1 aliphatic rings. The van der Waals surface area contributed by atoms with Crippen molar-refractivity contribution in [2.45, 2.75) is 25.0 Å². The maximum absolute atomic E-state index is 12.5. The summed E-state index contributed by atoms with van der Waals surface area (Å²) in [4.78, 5) is 12.5. The Morgan fingerprint density at radius 1 is 1.08 bits per heavy atom. The van der Waals surface area contributed by atoms with E-state index in [0.29, 0.717) is 25.3 Å². The molecule has 3 rings (SSSR count). The van der Waals surface area contributed by atoms with Crippen molar-refractivity contribution in [3.63, 3.8) is 0 Å². The molecule has 0 fully saturated rings. The van der Waals surface area contributed by atoms with Gasteiger partial charge >= 0.3 is 0 Å². The van der Waals surface area contributed by atoms with Crippen LogP contribution in [0, 0.1) is 0 Å². The lowest BCUT2D eigenvalue weighted by Crippen LogP contribution is -2.36. The second-order valence-corrected chi connectivity index (χ2v) is 7.92. The third kappa shape index (κ3) is 4.33. The standard InChI is InChI=1S/C21H25NO3S/c1-21(2,17-8-9-18-19(12-17)25-11-10-24-18)14-22-20(23)16-6-4-15(5-7-16)13-26-3/h4-9,12H,10-11,13-14H2,1-3H3,(H,22,23). The van der Waals surface area contributed by atoms with Crippen molar-refractivity contribution in [3.05, 3.63) is 59.2 Å². The van der Waals surface area contributed by atoms with E-state index in [9.17, 15) is 4.79 Å². The summed E-state index contributed by atoms with van der Waals surface area (Å²) in [5.74, 6) is 2.47. The minimum atomic E-state index is -0.218. The molecule has 0 aromatic heterocycles. The number of ether oxygens (including phenoxy) is 2. The van der Waals surface area contributed by atoms with Crippen LogP contribution in [0.25, 0.3) is 0 Å². The first-order chi connectivity index (χ1) is 12.5. The Kier molecular flexibility index (Phi) is 5.77. The number of carbonyl (C=O) groups is 1. The molecule has 0 radical (unpaired) electrons. The molecule has 0 bridgehead atoms. The van der Waals surface area contributed by atoms with Crippen LogP contribution in [0.15, 0.2) is 42.5 Å². The smallest absolute Gasteiger partial charge is 0.251 e. The topological polar surface area (TPSA) is 47.6 Å².